The molecule has 122 valence electrons. The minimum absolute atomic E-state index is 0.369. The molecule has 0 amide bonds. The van der Waals surface area contributed by atoms with E-state index in [4.69, 9.17) is 10.2 Å². The summed E-state index contributed by atoms with van der Waals surface area (Å²) in [6.07, 6.45) is 19.4. The van der Waals surface area contributed by atoms with E-state index in [0.29, 0.717) is 6.42 Å². The predicted octanol–water partition coefficient (Wildman–Crippen LogP) is 4.86. The van der Waals surface area contributed by atoms with Gasteiger partial charge in [0.05, 0.1) is 0 Å². The maximum atomic E-state index is 10.4. The summed E-state index contributed by atoms with van der Waals surface area (Å²) >= 11 is 0. The highest BCUT2D eigenvalue weighted by molar-refractivity contribution is 5.71. The maximum Gasteiger partial charge on any atom is 0.332 e. The van der Waals surface area contributed by atoms with Crippen LogP contribution in [0.5, 0.6) is 0 Å². The highest BCUT2D eigenvalue weighted by Gasteiger charge is 2.11. The van der Waals surface area contributed by atoms with Crippen LogP contribution in [0.1, 0.15) is 77.6 Å². The Morgan fingerprint density at radius 1 is 0.905 bits per heavy atom. The number of aliphatic carboxylic acids is 1. The van der Waals surface area contributed by atoms with Crippen LogP contribution in [0.3, 0.4) is 0 Å². The molecule has 1 unspecified atom stereocenters. The third kappa shape index (κ3) is 15.1. The van der Waals surface area contributed by atoms with Gasteiger partial charge in [0.15, 0.2) is 6.10 Å². The molecular weight excluding hydrogens is 264 g/mol. The number of aliphatic hydroxyl groups excluding tert-OH is 1. The molecular formula is C18H32O3. The maximum absolute atomic E-state index is 10.4. The van der Waals surface area contributed by atoms with Gasteiger partial charge in [-0.2, -0.15) is 0 Å². The quantitative estimate of drug-likeness (QED) is 0.355. The fraction of sp³-hybridized carbons (Fsp3) is 0.722. The summed E-state index contributed by atoms with van der Waals surface area (Å²) in [4.78, 5) is 10.4. The number of carbonyl (C=O) groups is 1. The minimum Gasteiger partial charge on any atom is -0.479 e. The minimum atomic E-state index is -1.19. The molecule has 0 aliphatic rings. The standard InChI is InChI=1S/C18H32O3/c1-2-3-4-5-6-7-8-9-10-11-12-13-14-15-16-17(19)18(20)21/h6-7,9-10,17,19H,2-5,8,11-16H2,1H3,(H,20,21)/b7-6-,10-9-. The lowest BCUT2D eigenvalue weighted by atomic mass is 10.1. The van der Waals surface area contributed by atoms with Gasteiger partial charge in [-0.3, -0.25) is 0 Å². The van der Waals surface area contributed by atoms with Crippen molar-refractivity contribution < 1.29 is 15.0 Å². The molecule has 3 heteroatoms. The lowest BCUT2D eigenvalue weighted by Crippen LogP contribution is -2.18. The smallest absolute Gasteiger partial charge is 0.332 e. The Labute approximate surface area is 129 Å². The van der Waals surface area contributed by atoms with Crippen LogP contribution in [0.4, 0.5) is 0 Å². The Balaban J connectivity index is 3.27. The third-order valence-corrected chi connectivity index (χ3v) is 3.46. The van der Waals surface area contributed by atoms with E-state index >= 15 is 0 Å². The van der Waals surface area contributed by atoms with E-state index in [2.05, 4.69) is 31.2 Å². The van der Waals surface area contributed by atoms with Crippen LogP contribution in [-0.2, 0) is 4.79 Å². The van der Waals surface area contributed by atoms with Gasteiger partial charge in [0.2, 0.25) is 0 Å². The molecule has 21 heavy (non-hydrogen) atoms. The van der Waals surface area contributed by atoms with Gasteiger partial charge in [-0.25, -0.2) is 4.79 Å². The van der Waals surface area contributed by atoms with Crippen molar-refractivity contribution in [3.05, 3.63) is 24.3 Å². The number of carboxylic acids is 1. The number of carboxylic acid groups (broad SMARTS) is 1. The lowest BCUT2D eigenvalue weighted by molar-refractivity contribution is -0.146. The summed E-state index contributed by atoms with van der Waals surface area (Å²) in [7, 11) is 0. The number of unbranched alkanes of at least 4 members (excludes halogenated alkanes) is 7. The van der Waals surface area contributed by atoms with E-state index in [1.165, 1.54) is 25.7 Å². The van der Waals surface area contributed by atoms with Gasteiger partial charge >= 0.3 is 5.97 Å². The van der Waals surface area contributed by atoms with E-state index < -0.39 is 12.1 Å². The molecule has 3 nitrogen and oxygen atoms in total. The summed E-state index contributed by atoms with van der Waals surface area (Å²) in [5, 5.41) is 17.6. The molecule has 0 aliphatic carbocycles. The monoisotopic (exact) mass is 296 g/mol. The second-order valence-electron chi connectivity index (χ2n) is 5.52. The van der Waals surface area contributed by atoms with E-state index in [9.17, 15) is 4.79 Å². The zero-order chi connectivity index (χ0) is 15.8. The second kappa shape index (κ2) is 15.3. The molecule has 0 saturated heterocycles. The van der Waals surface area contributed by atoms with Crippen molar-refractivity contribution in [1.29, 1.82) is 0 Å². The summed E-state index contributed by atoms with van der Waals surface area (Å²) in [6.45, 7) is 2.22. The molecule has 0 fully saturated rings. The fourth-order valence-electron chi connectivity index (χ4n) is 2.10. The molecule has 0 saturated carbocycles. The van der Waals surface area contributed by atoms with Crippen LogP contribution in [0.25, 0.3) is 0 Å². The molecule has 0 rings (SSSR count). The van der Waals surface area contributed by atoms with Gasteiger partial charge in [-0.1, -0.05) is 63.3 Å². The Kier molecular flexibility index (Phi) is 14.5. The molecule has 1 atom stereocenters. The Bertz CT molecular complexity index is 295. The van der Waals surface area contributed by atoms with E-state index in [1.54, 1.807) is 0 Å². The van der Waals surface area contributed by atoms with Crippen LogP contribution in [0.2, 0.25) is 0 Å². The Morgan fingerprint density at radius 2 is 1.48 bits per heavy atom. The lowest BCUT2D eigenvalue weighted by Gasteiger charge is -2.04. The first-order valence-corrected chi connectivity index (χ1v) is 8.39. The first-order valence-electron chi connectivity index (χ1n) is 8.39. The molecule has 0 aromatic carbocycles. The zero-order valence-electron chi connectivity index (χ0n) is 13.5. The Hall–Kier alpha value is -1.09. The third-order valence-electron chi connectivity index (χ3n) is 3.46. The van der Waals surface area contributed by atoms with Crippen molar-refractivity contribution in [2.24, 2.45) is 0 Å². The number of hydrogen-bond donors (Lipinski definition) is 2. The van der Waals surface area contributed by atoms with Gasteiger partial charge in [0, 0.05) is 0 Å². The molecule has 0 radical (unpaired) electrons. The SMILES string of the molecule is CCCCC/C=C\C/C=C\CCCCCCC(O)C(=O)O. The van der Waals surface area contributed by atoms with Crippen LogP contribution in [-0.4, -0.2) is 22.3 Å². The van der Waals surface area contributed by atoms with Crippen molar-refractivity contribution in [2.45, 2.75) is 83.7 Å². The van der Waals surface area contributed by atoms with Crippen molar-refractivity contribution in [1.82, 2.24) is 0 Å². The first-order chi connectivity index (χ1) is 10.2. The topological polar surface area (TPSA) is 57.5 Å². The first kappa shape index (κ1) is 19.9. The summed E-state index contributed by atoms with van der Waals surface area (Å²) in [5.74, 6) is -1.11. The van der Waals surface area contributed by atoms with E-state index in [0.717, 1.165) is 38.5 Å². The molecule has 0 aromatic heterocycles. The van der Waals surface area contributed by atoms with Crippen LogP contribution >= 0.6 is 0 Å². The summed E-state index contributed by atoms with van der Waals surface area (Å²) in [5.41, 5.74) is 0. The van der Waals surface area contributed by atoms with Crippen LogP contribution < -0.4 is 0 Å². The van der Waals surface area contributed by atoms with E-state index in [-0.39, 0.29) is 0 Å². The zero-order valence-corrected chi connectivity index (χ0v) is 13.5. The molecule has 0 bridgehead atoms. The second-order valence-corrected chi connectivity index (χ2v) is 5.52. The van der Waals surface area contributed by atoms with Gasteiger partial charge in [0.25, 0.3) is 0 Å². The largest absolute Gasteiger partial charge is 0.479 e. The normalized spacial score (nSPS) is 13.2. The average molecular weight is 296 g/mol. The average Bonchev–Trinajstić information content (AvgIpc) is 2.47. The van der Waals surface area contributed by atoms with Crippen molar-refractivity contribution in [3.63, 3.8) is 0 Å². The molecule has 0 aromatic rings. The van der Waals surface area contributed by atoms with Gasteiger partial charge < -0.3 is 10.2 Å². The van der Waals surface area contributed by atoms with Gasteiger partial charge in [-0.05, 0) is 38.5 Å². The number of rotatable bonds is 14. The molecule has 0 aliphatic heterocycles. The van der Waals surface area contributed by atoms with Crippen molar-refractivity contribution in [2.75, 3.05) is 0 Å². The number of hydrogen-bond acceptors (Lipinski definition) is 2. The highest BCUT2D eigenvalue weighted by Crippen LogP contribution is 2.08. The predicted molar refractivity (Wildman–Crippen MR) is 88.4 cm³/mol. The highest BCUT2D eigenvalue weighted by atomic mass is 16.4. The van der Waals surface area contributed by atoms with Gasteiger partial charge in [-0.15, -0.1) is 0 Å². The molecule has 0 heterocycles. The van der Waals surface area contributed by atoms with Crippen LogP contribution in [0, 0.1) is 0 Å². The summed E-state index contributed by atoms with van der Waals surface area (Å²) in [6, 6.07) is 0. The van der Waals surface area contributed by atoms with Crippen molar-refractivity contribution in [3.8, 4) is 0 Å². The number of aliphatic hydroxyl groups is 1. The summed E-state index contributed by atoms with van der Waals surface area (Å²) < 4.78 is 0. The van der Waals surface area contributed by atoms with Gasteiger partial charge in [0.1, 0.15) is 0 Å². The molecule has 2 N–H and O–H groups in total. The Morgan fingerprint density at radius 3 is 2.05 bits per heavy atom. The van der Waals surface area contributed by atoms with Crippen molar-refractivity contribution >= 4 is 5.97 Å². The van der Waals surface area contributed by atoms with E-state index in [1.807, 2.05) is 0 Å². The number of allylic oxidation sites excluding steroid dienone is 4. The fourth-order valence-corrected chi connectivity index (χ4v) is 2.10. The van der Waals surface area contributed by atoms with Crippen LogP contribution in [0.15, 0.2) is 24.3 Å². The molecule has 0 spiro atoms.